The normalized spacial score (nSPS) is 21.0. The van der Waals surface area contributed by atoms with Gasteiger partial charge in [0, 0.05) is 32.4 Å². The molecule has 166 valence electrons. The number of para-hydroxylation sites is 1. The molecule has 0 spiro atoms. The lowest BCUT2D eigenvalue weighted by Gasteiger charge is -2.44. The Balaban J connectivity index is 2.04. The van der Waals surface area contributed by atoms with E-state index in [1.54, 1.807) is 0 Å². The molecule has 0 amide bonds. The minimum Gasteiger partial charge on any atom is -0.384 e. The average molecular weight is 522 g/mol. The lowest BCUT2D eigenvalue weighted by molar-refractivity contribution is -0.137. The Morgan fingerprint density at radius 2 is 1.97 bits per heavy atom. The summed E-state index contributed by atoms with van der Waals surface area (Å²) in [5.74, 6) is -0.965. The fourth-order valence-electron chi connectivity index (χ4n) is 4.46. The molecule has 0 bridgehead atoms. The van der Waals surface area contributed by atoms with Crippen molar-refractivity contribution in [3.8, 4) is 6.07 Å². The van der Waals surface area contributed by atoms with Gasteiger partial charge in [-0.05, 0) is 46.0 Å². The SMILES string of the molecule is CC1(C)CC(=O)C2=C(C1)N(c1ccccc1C(F)(F)F)C(N)=C(C#N)[C@H]2c1cc(Br)cs1. The summed E-state index contributed by atoms with van der Waals surface area (Å²) in [5.41, 5.74) is 5.74. The van der Waals surface area contributed by atoms with Gasteiger partial charge >= 0.3 is 6.18 Å². The fraction of sp³-hybridized carbons (Fsp3) is 0.304. The summed E-state index contributed by atoms with van der Waals surface area (Å²) < 4.78 is 42.4. The third-order valence-corrected chi connectivity index (χ3v) is 7.46. The Morgan fingerprint density at radius 1 is 1.28 bits per heavy atom. The van der Waals surface area contributed by atoms with Gasteiger partial charge in [-0.15, -0.1) is 11.3 Å². The Hall–Kier alpha value is -2.57. The number of anilines is 1. The molecular formula is C23H19BrF3N3OS. The maximum atomic E-state index is 13.9. The second-order valence-corrected chi connectivity index (χ2v) is 10.5. The van der Waals surface area contributed by atoms with Gasteiger partial charge in [0.15, 0.2) is 5.78 Å². The molecule has 9 heteroatoms. The summed E-state index contributed by atoms with van der Waals surface area (Å²) >= 11 is 4.77. The fourth-order valence-corrected chi connectivity index (χ4v) is 6.02. The number of carbonyl (C=O) groups excluding carboxylic acids is 1. The van der Waals surface area contributed by atoms with E-state index in [-0.39, 0.29) is 29.3 Å². The lowest BCUT2D eigenvalue weighted by Crippen LogP contribution is -2.42. The molecule has 0 saturated heterocycles. The van der Waals surface area contributed by atoms with Crippen LogP contribution in [0.25, 0.3) is 0 Å². The maximum absolute atomic E-state index is 13.9. The number of allylic oxidation sites excluding steroid dienone is 3. The minimum absolute atomic E-state index is 0.0723. The van der Waals surface area contributed by atoms with Gasteiger partial charge in [-0.2, -0.15) is 18.4 Å². The molecule has 1 aliphatic carbocycles. The smallest absolute Gasteiger partial charge is 0.384 e. The van der Waals surface area contributed by atoms with E-state index in [2.05, 4.69) is 22.0 Å². The second-order valence-electron chi connectivity index (χ2n) is 8.66. The third-order valence-electron chi connectivity index (χ3n) is 5.70. The molecule has 32 heavy (non-hydrogen) atoms. The zero-order chi connectivity index (χ0) is 23.4. The third kappa shape index (κ3) is 3.76. The van der Waals surface area contributed by atoms with Gasteiger partial charge in [0.25, 0.3) is 0 Å². The van der Waals surface area contributed by atoms with Crippen molar-refractivity contribution in [2.24, 2.45) is 11.1 Å². The maximum Gasteiger partial charge on any atom is 0.418 e. The predicted octanol–water partition coefficient (Wildman–Crippen LogP) is 6.47. The van der Waals surface area contributed by atoms with Crippen LogP contribution >= 0.6 is 27.3 Å². The summed E-state index contributed by atoms with van der Waals surface area (Å²) in [6.45, 7) is 3.80. The summed E-state index contributed by atoms with van der Waals surface area (Å²) in [6, 6.07) is 8.99. The molecule has 0 fully saturated rings. The highest BCUT2D eigenvalue weighted by atomic mass is 79.9. The van der Waals surface area contributed by atoms with Crippen LogP contribution in [0.1, 0.15) is 43.0 Å². The first kappa shape index (κ1) is 22.6. The first-order valence-corrected chi connectivity index (χ1v) is 11.5. The standard InChI is InChI=1S/C23H19BrF3N3OS/c1-22(2)8-16-20(17(31)9-22)19(18-7-12(24)11-32-18)13(10-28)21(29)30(16)15-6-4-3-5-14(15)23(25,26)27/h3-7,11,19H,8-9,29H2,1-2H3/t19-/m0/s1. The van der Waals surface area contributed by atoms with E-state index < -0.39 is 23.1 Å². The van der Waals surface area contributed by atoms with Crippen LogP contribution in [0.2, 0.25) is 0 Å². The van der Waals surface area contributed by atoms with E-state index in [1.165, 1.54) is 34.4 Å². The highest BCUT2D eigenvalue weighted by Gasteiger charge is 2.46. The van der Waals surface area contributed by atoms with Crippen LogP contribution in [0.5, 0.6) is 0 Å². The van der Waals surface area contributed by atoms with E-state index >= 15 is 0 Å². The minimum atomic E-state index is -4.63. The molecule has 0 unspecified atom stereocenters. The number of thiophene rings is 1. The van der Waals surface area contributed by atoms with Crippen molar-refractivity contribution < 1.29 is 18.0 Å². The van der Waals surface area contributed by atoms with Crippen LogP contribution in [0.15, 0.2) is 62.8 Å². The molecule has 2 aliphatic rings. The van der Waals surface area contributed by atoms with Crippen LogP contribution in [0.4, 0.5) is 18.9 Å². The number of benzene rings is 1. The number of alkyl halides is 3. The molecule has 2 heterocycles. The van der Waals surface area contributed by atoms with Gasteiger partial charge in [0.05, 0.1) is 28.8 Å². The number of Topliss-reactive ketones (excluding diaryl/α,β-unsaturated/α-hetero) is 1. The van der Waals surface area contributed by atoms with Gasteiger partial charge < -0.3 is 5.73 Å². The average Bonchev–Trinajstić information content (AvgIpc) is 3.11. The number of halogens is 4. The van der Waals surface area contributed by atoms with Gasteiger partial charge in [-0.25, -0.2) is 0 Å². The topological polar surface area (TPSA) is 70.1 Å². The molecule has 4 rings (SSSR count). The number of hydrogen-bond donors (Lipinski definition) is 1. The monoisotopic (exact) mass is 521 g/mol. The second kappa shape index (κ2) is 7.78. The molecule has 2 N–H and O–H groups in total. The highest BCUT2D eigenvalue weighted by Crippen LogP contribution is 2.52. The molecule has 2 aromatic rings. The molecule has 1 aromatic carbocycles. The largest absolute Gasteiger partial charge is 0.418 e. The van der Waals surface area contributed by atoms with Crippen molar-refractivity contribution in [2.75, 3.05) is 4.90 Å². The quantitative estimate of drug-likeness (QED) is 0.491. The first-order valence-electron chi connectivity index (χ1n) is 9.81. The van der Waals surface area contributed by atoms with Crippen molar-refractivity contribution >= 4 is 38.7 Å². The van der Waals surface area contributed by atoms with Crippen molar-refractivity contribution in [3.05, 3.63) is 73.3 Å². The van der Waals surface area contributed by atoms with E-state index in [9.17, 15) is 23.2 Å². The molecule has 4 nitrogen and oxygen atoms in total. The van der Waals surface area contributed by atoms with Crippen molar-refractivity contribution in [1.29, 1.82) is 5.26 Å². The van der Waals surface area contributed by atoms with Crippen LogP contribution in [0.3, 0.4) is 0 Å². The summed E-state index contributed by atoms with van der Waals surface area (Å²) in [4.78, 5) is 15.4. The van der Waals surface area contributed by atoms with Gasteiger partial charge in [-0.3, -0.25) is 9.69 Å². The molecular weight excluding hydrogens is 503 g/mol. The number of hydrogen-bond acceptors (Lipinski definition) is 5. The number of carbonyl (C=O) groups is 1. The molecule has 1 aromatic heterocycles. The lowest BCUT2D eigenvalue weighted by atomic mass is 9.69. The van der Waals surface area contributed by atoms with Crippen LogP contribution < -0.4 is 10.6 Å². The Kier molecular flexibility index (Phi) is 5.50. The zero-order valence-corrected chi connectivity index (χ0v) is 19.7. The van der Waals surface area contributed by atoms with Gasteiger partial charge in [-0.1, -0.05) is 26.0 Å². The molecule has 0 saturated carbocycles. The number of ketones is 1. The number of nitrogens with two attached hydrogens (primary N) is 1. The number of nitriles is 1. The van der Waals surface area contributed by atoms with Crippen molar-refractivity contribution in [1.82, 2.24) is 0 Å². The van der Waals surface area contributed by atoms with Crippen LogP contribution in [0, 0.1) is 16.7 Å². The number of rotatable bonds is 2. The zero-order valence-electron chi connectivity index (χ0n) is 17.3. The predicted molar refractivity (Wildman–Crippen MR) is 121 cm³/mol. The van der Waals surface area contributed by atoms with Gasteiger partial charge in [0.2, 0.25) is 0 Å². The van der Waals surface area contributed by atoms with Crippen LogP contribution in [-0.2, 0) is 11.0 Å². The van der Waals surface area contributed by atoms with E-state index in [1.807, 2.05) is 25.3 Å². The van der Waals surface area contributed by atoms with E-state index in [4.69, 9.17) is 5.73 Å². The van der Waals surface area contributed by atoms with Crippen molar-refractivity contribution in [3.63, 3.8) is 0 Å². The summed E-state index contributed by atoms with van der Waals surface area (Å²) in [6.07, 6.45) is -4.04. The van der Waals surface area contributed by atoms with Crippen molar-refractivity contribution in [2.45, 2.75) is 38.8 Å². The highest BCUT2D eigenvalue weighted by molar-refractivity contribution is 9.10. The first-order chi connectivity index (χ1) is 14.9. The Labute approximate surface area is 196 Å². The van der Waals surface area contributed by atoms with E-state index in [0.717, 1.165) is 15.4 Å². The number of nitrogens with zero attached hydrogens (tertiary/aromatic N) is 2. The molecule has 1 atom stereocenters. The van der Waals surface area contributed by atoms with E-state index in [0.29, 0.717) is 17.7 Å². The Bertz CT molecular complexity index is 1220. The molecule has 1 aliphatic heterocycles. The van der Waals surface area contributed by atoms with Crippen LogP contribution in [-0.4, -0.2) is 5.78 Å². The molecule has 0 radical (unpaired) electrons. The van der Waals surface area contributed by atoms with Gasteiger partial charge in [0.1, 0.15) is 5.82 Å². The summed E-state index contributed by atoms with van der Waals surface area (Å²) in [7, 11) is 0. The summed E-state index contributed by atoms with van der Waals surface area (Å²) in [5, 5.41) is 11.8. The Morgan fingerprint density at radius 3 is 2.56 bits per heavy atom.